The number of aromatic nitrogens is 3. The number of carboxylic acids is 1. The number of amides is 1. The van der Waals surface area contributed by atoms with Gasteiger partial charge in [-0.2, -0.15) is 0 Å². The number of halogens is 1. The molecule has 2 rings (SSSR count). The summed E-state index contributed by atoms with van der Waals surface area (Å²) >= 11 is 6.04. The third kappa shape index (κ3) is 4.95. The molecule has 1 amide bonds. The lowest BCUT2D eigenvalue weighted by Gasteiger charge is -2.19. The monoisotopic (exact) mass is 352 g/mol. The summed E-state index contributed by atoms with van der Waals surface area (Å²) in [5.74, 6) is -0.957. The molecule has 0 fully saturated rings. The number of carbonyl (C=O) groups is 2. The number of ether oxygens (including phenoxy) is 1. The number of carboxylic acid groups (broad SMARTS) is 1. The van der Waals surface area contributed by atoms with E-state index >= 15 is 0 Å². The molecule has 1 unspecified atom stereocenters. The first-order valence-electron chi connectivity index (χ1n) is 7.31. The fourth-order valence-corrected chi connectivity index (χ4v) is 2.07. The highest BCUT2D eigenvalue weighted by Crippen LogP contribution is 2.24. The number of carbonyl (C=O) groups excluding carboxylic acids is 1. The van der Waals surface area contributed by atoms with Gasteiger partial charge in [0.05, 0.1) is 17.8 Å². The second kappa shape index (κ2) is 8.30. The smallest absolute Gasteiger partial charge is 0.358 e. The molecule has 0 bridgehead atoms. The number of hydrogen-bond acceptors (Lipinski definition) is 5. The van der Waals surface area contributed by atoms with Crippen molar-refractivity contribution in [1.82, 2.24) is 20.3 Å². The summed E-state index contributed by atoms with van der Waals surface area (Å²) in [6.07, 6.45) is 1.64. The highest BCUT2D eigenvalue weighted by molar-refractivity contribution is 6.32. The minimum atomic E-state index is -1.19. The predicted octanol–water partition coefficient (Wildman–Crippen LogP) is 1.60. The topological polar surface area (TPSA) is 106 Å². The summed E-state index contributed by atoms with van der Waals surface area (Å²) in [4.78, 5) is 22.6. The van der Waals surface area contributed by atoms with Crippen molar-refractivity contribution in [3.8, 4) is 5.75 Å². The van der Waals surface area contributed by atoms with Gasteiger partial charge in [-0.1, -0.05) is 35.9 Å². The second-order valence-electron chi connectivity index (χ2n) is 4.99. The molecule has 2 N–H and O–H groups in total. The predicted molar refractivity (Wildman–Crippen MR) is 86.2 cm³/mol. The third-order valence-electron chi connectivity index (χ3n) is 3.18. The first-order valence-corrected chi connectivity index (χ1v) is 7.68. The minimum Gasteiger partial charge on any atom is -0.487 e. The van der Waals surface area contributed by atoms with E-state index in [1.54, 1.807) is 18.2 Å². The summed E-state index contributed by atoms with van der Waals surface area (Å²) in [6, 6.07) is 7.11. The maximum Gasteiger partial charge on any atom is 0.358 e. The van der Waals surface area contributed by atoms with E-state index < -0.39 is 5.97 Å². The van der Waals surface area contributed by atoms with Crippen molar-refractivity contribution in [2.24, 2.45) is 0 Å². The summed E-state index contributed by atoms with van der Waals surface area (Å²) in [6.45, 7) is 2.11. The van der Waals surface area contributed by atoms with Crippen LogP contribution in [-0.2, 0) is 11.3 Å². The number of nitrogens with one attached hydrogen (secondary N) is 1. The molecule has 1 aromatic carbocycles. The first kappa shape index (κ1) is 17.7. The van der Waals surface area contributed by atoms with Crippen LogP contribution in [0.5, 0.6) is 5.75 Å². The zero-order valence-electron chi connectivity index (χ0n) is 13.0. The molecule has 2 aromatic rings. The van der Waals surface area contributed by atoms with E-state index in [9.17, 15) is 9.59 Å². The van der Waals surface area contributed by atoms with Crippen LogP contribution in [0.2, 0.25) is 5.02 Å². The van der Waals surface area contributed by atoms with Crippen molar-refractivity contribution < 1.29 is 19.4 Å². The highest BCUT2D eigenvalue weighted by Gasteiger charge is 2.14. The molecule has 0 saturated heterocycles. The van der Waals surface area contributed by atoms with Crippen LogP contribution in [0.3, 0.4) is 0 Å². The molecule has 0 aliphatic carbocycles. The lowest BCUT2D eigenvalue weighted by Crippen LogP contribution is -2.36. The zero-order chi connectivity index (χ0) is 17.5. The van der Waals surface area contributed by atoms with E-state index in [0.29, 0.717) is 23.7 Å². The van der Waals surface area contributed by atoms with Gasteiger partial charge in [-0.3, -0.25) is 4.79 Å². The van der Waals surface area contributed by atoms with E-state index in [-0.39, 0.29) is 24.2 Å². The molecule has 1 heterocycles. The molecule has 8 nitrogen and oxygen atoms in total. The average Bonchev–Trinajstić information content (AvgIpc) is 3.02. The standard InChI is InChI=1S/C15H17ClN4O4/c1-2-10(24-13-6-4-3-5-11(13)16)7-17-14(21)9-20-8-12(15(22)23)18-19-20/h3-6,8,10H,2,7,9H2,1H3,(H,17,21)(H,22,23). The maximum absolute atomic E-state index is 11.9. The first-order chi connectivity index (χ1) is 11.5. The Bertz CT molecular complexity index is 719. The SMILES string of the molecule is CCC(CNC(=O)Cn1cc(C(=O)O)nn1)Oc1ccccc1Cl. The van der Waals surface area contributed by atoms with Crippen LogP contribution >= 0.6 is 11.6 Å². The van der Waals surface area contributed by atoms with Gasteiger partial charge in [0, 0.05) is 0 Å². The lowest BCUT2D eigenvalue weighted by molar-refractivity contribution is -0.122. The van der Waals surface area contributed by atoms with Crippen molar-refractivity contribution >= 4 is 23.5 Å². The van der Waals surface area contributed by atoms with E-state index in [0.717, 1.165) is 4.68 Å². The van der Waals surface area contributed by atoms with E-state index in [1.165, 1.54) is 6.20 Å². The van der Waals surface area contributed by atoms with Gasteiger partial charge < -0.3 is 15.2 Å². The van der Waals surface area contributed by atoms with Crippen LogP contribution in [0.1, 0.15) is 23.8 Å². The Morgan fingerprint density at radius 1 is 1.42 bits per heavy atom. The van der Waals surface area contributed by atoms with Gasteiger partial charge in [-0.05, 0) is 18.6 Å². The van der Waals surface area contributed by atoms with Gasteiger partial charge >= 0.3 is 5.97 Å². The lowest BCUT2D eigenvalue weighted by atomic mass is 10.2. The van der Waals surface area contributed by atoms with Crippen LogP contribution in [0.4, 0.5) is 0 Å². The molecule has 128 valence electrons. The van der Waals surface area contributed by atoms with Crippen molar-refractivity contribution in [3.63, 3.8) is 0 Å². The Kier molecular flexibility index (Phi) is 6.14. The Hall–Kier alpha value is -2.61. The number of benzene rings is 1. The summed E-state index contributed by atoms with van der Waals surface area (Å²) in [7, 11) is 0. The fraction of sp³-hybridized carbons (Fsp3) is 0.333. The number of para-hydroxylation sites is 1. The van der Waals surface area contributed by atoms with Crippen LogP contribution in [-0.4, -0.2) is 44.6 Å². The quantitative estimate of drug-likeness (QED) is 0.747. The van der Waals surface area contributed by atoms with Gasteiger partial charge in [-0.15, -0.1) is 5.10 Å². The summed E-state index contributed by atoms with van der Waals surface area (Å²) < 4.78 is 6.93. The molecule has 9 heteroatoms. The van der Waals surface area contributed by atoms with Crippen LogP contribution in [0.15, 0.2) is 30.5 Å². The Morgan fingerprint density at radius 2 is 2.17 bits per heavy atom. The van der Waals surface area contributed by atoms with Crippen molar-refractivity contribution in [2.75, 3.05) is 6.54 Å². The van der Waals surface area contributed by atoms with Gasteiger partial charge in [-0.25, -0.2) is 9.48 Å². The fourth-order valence-electron chi connectivity index (χ4n) is 1.89. The number of rotatable bonds is 8. The average molecular weight is 353 g/mol. The zero-order valence-corrected chi connectivity index (χ0v) is 13.7. The normalized spacial score (nSPS) is 11.8. The largest absolute Gasteiger partial charge is 0.487 e. The summed E-state index contributed by atoms with van der Waals surface area (Å²) in [5.41, 5.74) is -0.212. The molecule has 0 spiro atoms. The van der Waals surface area contributed by atoms with Gasteiger partial charge in [0.2, 0.25) is 5.91 Å². The molecule has 0 aliphatic rings. The van der Waals surface area contributed by atoms with Crippen molar-refractivity contribution in [1.29, 1.82) is 0 Å². The number of aromatic carboxylic acids is 1. The molecule has 1 atom stereocenters. The van der Waals surface area contributed by atoms with Gasteiger partial charge in [0.15, 0.2) is 5.69 Å². The Balaban J connectivity index is 1.84. The second-order valence-corrected chi connectivity index (χ2v) is 5.40. The highest BCUT2D eigenvalue weighted by atomic mass is 35.5. The molecule has 0 aliphatic heterocycles. The van der Waals surface area contributed by atoms with E-state index in [2.05, 4.69) is 15.6 Å². The van der Waals surface area contributed by atoms with Crippen molar-refractivity contribution in [2.45, 2.75) is 26.0 Å². The van der Waals surface area contributed by atoms with E-state index in [4.69, 9.17) is 21.4 Å². The minimum absolute atomic E-state index is 0.122. The molecule has 1 aromatic heterocycles. The Labute approximate surface area is 143 Å². The molecule has 0 radical (unpaired) electrons. The molecule has 24 heavy (non-hydrogen) atoms. The van der Waals surface area contributed by atoms with Crippen LogP contribution < -0.4 is 10.1 Å². The van der Waals surface area contributed by atoms with Crippen LogP contribution in [0.25, 0.3) is 0 Å². The van der Waals surface area contributed by atoms with Gasteiger partial charge in [0.25, 0.3) is 0 Å². The van der Waals surface area contributed by atoms with Crippen molar-refractivity contribution in [3.05, 3.63) is 41.2 Å². The maximum atomic E-state index is 11.9. The molecular formula is C15H17ClN4O4. The molecule has 0 saturated carbocycles. The number of hydrogen-bond donors (Lipinski definition) is 2. The third-order valence-corrected chi connectivity index (χ3v) is 3.49. The van der Waals surface area contributed by atoms with E-state index in [1.807, 2.05) is 13.0 Å². The molecular weight excluding hydrogens is 336 g/mol. The summed E-state index contributed by atoms with van der Waals surface area (Å²) in [5, 5.41) is 19.0. The Morgan fingerprint density at radius 3 is 2.79 bits per heavy atom. The van der Waals surface area contributed by atoms with Crippen LogP contribution in [0, 0.1) is 0 Å². The number of nitrogens with zero attached hydrogens (tertiary/aromatic N) is 3. The van der Waals surface area contributed by atoms with Gasteiger partial charge in [0.1, 0.15) is 18.4 Å².